The molecule has 6 heteroatoms. The topological polar surface area (TPSA) is 49.9 Å². The van der Waals surface area contributed by atoms with Gasteiger partial charge in [-0.3, -0.25) is 14.5 Å². The minimum Gasteiger partial charge on any atom is -0.353 e. The number of nitrogens with zero attached hydrogens (tertiary/aromatic N) is 2. The molecular weight excluding hydrogens is 324 g/mol. The van der Waals surface area contributed by atoms with E-state index in [-0.39, 0.29) is 11.8 Å². The Morgan fingerprint density at radius 1 is 1.12 bits per heavy atom. The average Bonchev–Trinajstić information content (AvgIpc) is 3.36. The number of ether oxygens (including phenoxy) is 1. The molecule has 0 radical (unpaired) electrons. The lowest BCUT2D eigenvalue weighted by Gasteiger charge is -2.41. The first kappa shape index (κ1) is 16.1. The lowest BCUT2D eigenvalue weighted by molar-refractivity contribution is -0.136. The van der Waals surface area contributed by atoms with Crippen LogP contribution in [0.5, 0.6) is 0 Å². The molecule has 1 aromatic rings. The predicted octanol–water partition coefficient (Wildman–Crippen LogP) is 2.87. The average molecular weight is 348 g/mol. The number of hydrogen-bond donors (Lipinski definition) is 0. The van der Waals surface area contributed by atoms with Crippen LogP contribution in [-0.2, 0) is 9.53 Å². The molecule has 5 nitrogen and oxygen atoms in total. The maximum atomic E-state index is 13.2. The van der Waals surface area contributed by atoms with Crippen molar-refractivity contribution in [3.8, 4) is 0 Å². The number of rotatable bonds is 2. The lowest BCUT2D eigenvalue weighted by atomic mass is 9.90. The van der Waals surface area contributed by atoms with Crippen molar-refractivity contribution < 1.29 is 14.3 Å². The van der Waals surface area contributed by atoms with Gasteiger partial charge in [-0.05, 0) is 50.0 Å². The molecular formula is C18H24N2O3S. The van der Waals surface area contributed by atoms with Crippen LogP contribution in [0.1, 0.15) is 54.6 Å². The minimum absolute atomic E-state index is 0.0399. The quantitative estimate of drug-likeness (QED) is 0.826. The van der Waals surface area contributed by atoms with E-state index in [2.05, 4.69) is 0 Å². The molecule has 1 aromatic heterocycles. The number of thiophene rings is 1. The Morgan fingerprint density at radius 3 is 2.54 bits per heavy atom. The molecule has 0 bridgehead atoms. The van der Waals surface area contributed by atoms with Gasteiger partial charge in [-0.1, -0.05) is 12.5 Å². The Labute approximate surface area is 146 Å². The SMILES string of the molecule is O=C([C@@H]1COC2(CCCCC2)N1C(=O)c1cccs1)N1CCCC1. The molecule has 0 N–H and O–H groups in total. The van der Waals surface area contributed by atoms with Crippen LogP contribution in [-0.4, -0.2) is 53.1 Å². The molecule has 24 heavy (non-hydrogen) atoms. The van der Waals surface area contributed by atoms with Crippen LogP contribution in [0.15, 0.2) is 17.5 Å². The number of likely N-dealkylation sites (tertiary alicyclic amines) is 1. The number of hydrogen-bond acceptors (Lipinski definition) is 4. The van der Waals surface area contributed by atoms with Gasteiger partial charge in [0, 0.05) is 13.1 Å². The third kappa shape index (κ3) is 2.65. The molecule has 3 aliphatic rings. The first-order valence-corrected chi connectivity index (χ1v) is 9.89. The van der Waals surface area contributed by atoms with E-state index in [4.69, 9.17) is 4.74 Å². The molecule has 0 unspecified atom stereocenters. The fraction of sp³-hybridized carbons (Fsp3) is 0.667. The molecule has 0 aromatic carbocycles. The second kappa shape index (κ2) is 6.48. The molecule has 3 fully saturated rings. The molecule has 4 rings (SSSR count). The lowest BCUT2D eigenvalue weighted by Crippen LogP contribution is -2.56. The van der Waals surface area contributed by atoms with Crippen molar-refractivity contribution in [2.45, 2.75) is 56.7 Å². The standard InChI is InChI=1S/C18H24N2O3S/c21-16(19-10-4-5-11-19)14-13-23-18(8-2-1-3-9-18)20(14)17(22)15-7-6-12-24-15/h6-7,12,14H,1-5,8-11,13H2/t14-/m0/s1. The summed E-state index contributed by atoms with van der Waals surface area (Å²) in [4.78, 5) is 30.6. The molecule has 1 atom stereocenters. The van der Waals surface area contributed by atoms with Gasteiger partial charge >= 0.3 is 0 Å². The zero-order valence-corrected chi connectivity index (χ0v) is 14.7. The fourth-order valence-corrected chi connectivity index (χ4v) is 4.99. The van der Waals surface area contributed by atoms with Crippen LogP contribution in [0.2, 0.25) is 0 Å². The summed E-state index contributed by atoms with van der Waals surface area (Å²) in [6.07, 6.45) is 7.09. The molecule has 2 amide bonds. The Morgan fingerprint density at radius 2 is 1.88 bits per heavy atom. The van der Waals surface area contributed by atoms with E-state index in [1.807, 2.05) is 22.4 Å². The van der Waals surface area contributed by atoms with Gasteiger partial charge in [-0.2, -0.15) is 0 Å². The van der Waals surface area contributed by atoms with E-state index in [0.717, 1.165) is 51.6 Å². The summed E-state index contributed by atoms with van der Waals surface area (Å²) >= 11 is 1.44. The van der Waals surface area contributed by atoms with Crippen LogP contribution in [0.4, 0.5) is 0 Å². The Bertz CT molecular complexity index is 604. The highest BCUT2D eigenvalue weighted by Gasteiger charge is 2.53. The highest BCUT2D eigenvalue weighted by molar-refractivity contribution is 7.12. The van der Waals surface area contributed by atoms with Crippen molar-refractivity contribution in [1.82, 2.24) is 9.80 Å². The largest absolute Gasteiger partial charge is 0.353 e. The first-order chi connectivity index (χ1) is 11.7. The Hall–Kier alpha value is -1.40. The van der Waals surface area contributed by atoms with Crippen LogP contribution < -0.4 is 0 Å². The summed E-state index contributed by atoms with van der Waals surface area (Å²) in [5, 5.41) is 1.91. The summed E-state index contributed by atoms with van der Waals surface area (Å²) in [5.74, 6) is 0.0294. The number of amides is 2. The molecule has 3 heterocycles. The van der Waals surface area contributed by atoms with E-state index in [1.165, 1.54) is 17.8 Å². The Kier molecular flexibility index (Phi) is 4.35. The summed E-state index contributed by atoms with van der Waals surface area (Å²) in [5.41, 5.74) is -0.570. The van der Waals surface area contributed by atoms with Crippen molar-refractivity contribution in [1.29, 1.82) is 0 Å². The molecule has 2 aliphatic heterocycles. The third-order valence-electron chi connectivity index (χ3n) is 5.55. The molecule has 1 spiro atoms. The monoisotopic (exact) mass is 348 g/mol. The predicted molar refractivity (Wildman–Crippen MR) is 91.9 cm³/mol. The number of carbonyl (C=O) groups excluding carboxylic acids is 2. The van der Waals surface area contributed by atoms with Crippen LogP contribution in [0.25, 0.3) is 0 Å². The van der Waals surface area contributed by atoms with Gasteiger partial charge in [0.15, 0.2) is 0 Å². The minimum atomic E-state index is -0.570. The van der Waals surface area contributed by atoms with E-state index in [0.29, 0.717) is 11.5 Å². The van der Waals surface area contributed by atoms with Crippen molar-refractivity contribution in [3.63, 3.8) is 0 Å². The molecule has 130 valence electrons. The van der Waals surface area contributed by atoms with Crippen molar-refractivity contribution in [3.05, 3.63) is 22.4 Å². The normalized spacial score (nSPS) is 26.2. The molecule has 2 saturated heterocycles. The van der Waals surface area contributed by atoms with Crippen molar-refractivity contribution in [2.24, 2.45) is 0 Å². The van der Waals surface area contributed by atoms with Crippen molar-refractivity contribution >= 4 is 23.2 Å². The van der Waals surface area contributed by atoms with Gasteiger partial charge in [0.05, 0.1) is 11.5 Å². The Balaban J connectivity index is 1.65. The first-order valence-electron chi connectivity index (χ1n) is 9.01. The van der Waals surface area contributed by atoms with Gasteiger partial charge in [-0.15, -0.1) is 11.3 Å². The molecule has 1 aliphatic carbocycles. The molecule has 1 saturated carbocycles. The highest BCUT2D eigenvalue weighted by atomic mass is 32.1. The van der Waals surface area contributed by atoms with E-state index < -0.39 is 11.8 Å². The highest BCUT2D eigenvalue weighted by Crippen LogP contribution is 2.42. The van der Waals surface area contributed by atoms with Crippen LogP contribution >= 0.6 is 11.3 Å². The maximum absolute atomic E-state index is 13.2. The van der Waals surface area contributed by atoms with Gasteiger partial charge in [0.25, 0.3) is 5.91 Å². The van der Waals surface area contributed by atoms with E-state index >= 15 is 0 Å². The van der Waals surface area contributed by atoms with Crippen LogP contribution in [0.3, 0.4) is 0 Å². The van der Waals surface area contributed by atoms with Crippen molar-refractivity contribution in [2.75, 3.05) is 19.7 Å². The smallest absolute Gasteiger partial charge is 0.266 e. The van der Waals surface area contributed by atoms with Gasteiger partial charge in [0.1, 0.15) is 11.8 Å². The van der Waals surface area contributed by atoms with E-state index in [9.17, 15) is 9.59 Å². The summed E-state index contributed by atoms with van der Waals surface area (Å²) in [6, 6.07) is 3.27. The summed E-state index contributed by atoms with van der Waals surface area (Å²) in [7, 11) is 0. The maximum Gasteiger partial charge on any atom is 0.266 e. The zero-order valence-electron chi connectivity index (χ0n) is 13.9. The summed E-state index contributed by atoms with van der Waals surface area (Å²) in [6.45, 7) is 1.96. The van der Waals surface area contributed by atoms with Gasteiger partial charge in [0.2, 0.25) is 5.91 Å². The fourth-order valence-electron chi connectivity index (χ4n) is 4.33. The van der Waals surface area contributed by atoms with E-state index in [1.54, 1.807) is 4.90 Å². The second-order valence-corrected chi connectivity index (χ2v) is 7.97. The summed E-state index contributed by atoms with van der Waals surface area (Å²) < 4.78 is 6.17. The number of carbonyl (C=O) groups is 2. The second-order valence-electron chi connectivity index (χ2n) is 7.02. The van der Waals surface area contributed by atoms with Gasteiger partial charge < -0.3 is 9.64 Å². The van der Waals surface area contributed by atoms with Crippen LogP contribution in [0, 0.1) is 0 Å². The third-order valence-corrected chi connectivity index (χ3v) is 6.41. The zero-order chi connectivity index (χ0) is 16.6. The van der Waals surface area contributed by atoms with Gasteiger partial charge in [-0.25, -0.2) is 0 Å².